The molecule has 0 bridgehead atoms. The lowest BCUT2D eigenvalue weighted by atomic mass is 10.1. The summed E-state index contributed by atoms with van der Waals surface area (Å²) in [5.41, 5.74) is 2.14. The van der Waals surface area contributed by atoms with Gasteiger partial charge >= 0.3 is 5.97 Å². The van der Waals surface area contributed by atoms with Gasteiger partial charge in [0.05, 0.1) is 18.5 Å². The molecule has 2 aliphatic rings. The minimum Gasteiger partial charge on any atom is -0.469 e. The molecule has 1 saturated heterocycles. The van der Waals surface area contributed by atoms with Crippen molar-refractivity contribution in [2.75, 3.05) is 30.4 Å². The Kier molecular flexibility index (Phi) is 4.69. The molecule has 1 aromatic rings. The second kappa shape index (κ2) is 6.90. The van der Waals surface area contributed by atoms with E-state index < -0.39 is 0 Å². The van der Waals surface area contributed by atoms with Crippen LogP contribution in [0.3, 0.4) is 0 Å². The lowest BCUT2D eigenvalue weighted by molar-refractivity contribution is -0.140. The predicted octanol–water partition coefficient (Wildman–Crippen LogP) is 1.29. The Balaban J connectivity index is 1.63. The van der Waals surface area contributed by atoms with Crippen LogP contribution in [-0.4, -0.2) is 44.0 Å². The molecular formula is C17H21N3O4. The summed E-state index contributed by atoms with van der Waals surface area (Å²) in [4.78, 5) is 37.5. The Morgan fingerprint density at radius 2 is 2.25 bits per heavy atom. The third-order valence-corrected chi connectivity index (χ3v) is 4.45. The number of fused-ring (bicyclic) bond motifs is 3. The lowest BCUT2D eigenvalue weighted by Crippen LogP contribution is -2.44. The molecule has 0 saturated carbocycles. The number of rotatable bonds is 5. The molecule has 0 aliphatic carbocycles. The minimum absolute atomic E-state index is 0.00404. The molecule has 2 heterocycles. The number of hydrogen-bond donors (Lipinski definition) is 2. The molecule has 2 aliphatic heterocycles. The molecule has 1 aromatic carbocycles. The van der Waals surface area contributed by atoms with Gasteiger partial charge in [0.2, 0.25) is 5.91 Å². The summed E-state index contributed by atoms with van der Waals surface area (Å²) in [6.45, 7) is 1.26. The zero-order valence-corrected chi connectivity index (χ0v) is 13.6. The maximum Gasteiger partial charge on any atom is 0.305 e. The summed E-state index contributed by atoms with van der Waals surface area (Å²) >= 11 is 0. The maximum atomic E-state index is 12.2. The number of amides is 2. The number of nitrogens with one attached hydrogen (secondary N) is 2. The number of hydrogen-bond acceptors (Lipinski definition) is 5. The molecule has 0 unspecified atom stereocenters. The third-order valence-electron chi connectivity index (χ3n) is 4.45. The third kappa shape index (κ3) is 3.20. The molecule has 2 N–H and O–H groups in total. The van der Waals surface area contributed by atoms with Crippen molar-refractivity contribution in [1.82, 2.24) is 5.32 Å². The van der Waals surface area contributed by atoms with Gasteiger partial charge in [0.1, 0.15) is 6.04 Å². The number of methoxy groups -OCH3 is 1. The van der Waals surface area contributed by atoms with E-state index in [1.165, 1.54) is 7.11 Å². The molecule has 0 spiro atoms. The van der Waals surface area contributed by atoms with E-state index >= 15 is 0 Å². The van der Waals surface area contributed by atoms with Crippen molar-refractivity contribution in [1.29, 1.82) is 0 Å². The van der Waals surface area contributed by atoms with Crippen LogP contribution in [0.4, 0.5) is 11.4 Å². The fraction of sp³-hybridized carbons (Fsp3) is 0.471. The van der Waals surface area contributed by atoms with Crippen LogP contribution in [0.2, 0.25) is 0 Å². The second-order valence-corrected chi connectivity index (χ2v) is 6.01. The van der Waals surface area contributed by atoms with Gasteiger partial charge in [-0.15, -0.1) is 0 Å². The normalized spacial score (nSPS) is 18.5. The molecule has 7 heteroatoms. The summed E-state index contributed by atoms with van der Waals surface area (Å²) in [5.74, 6) is -0.517. The molecule has 0 aromatic heterocycles. The predicted molar refractivity (Wildman–Crippen MR) is 89.0 cm³/mol. The monoisotopic (exact) mass is 331 g/mol. The van der Waals surface area contributed by atoms with E-state index in [2.05, 4.69) is 20.3 Å². The van der Waals surface area contributed by atoms with E-state index in [1.54, 1.807) is 12.1 Å². The Bertz CT molecular complexity index is 674. The van der Waals surface area contributed by atoms with E-state index in [1.807, 2.05) is 6.07 Å². The standard InChI is InChI=1S/C17H21N3O4/c1-24-15(21)5-2-8-18-16(22)11-6-7-13-12(10-11)19-17(23)14-4-3-9-20(13)14/h6-7,10,14H,2-5,8-9H2,1H3,(H,18,22)(H,19,23)/t14-/m0/s1. The van der Waals surface area contributed by atoms with Crippen molar-refractivity contribution in [2.45, 2.75) is 31.7 Å². The van der Waals surface area contributed by atoms with Gasteiger partial charge < -0.3 is 20.3 Å². The number of carbonyl (C=O) groups is 3. The van der Waals surface area contributed by atoms with E-state index in [0.717, 1.165) is 25.1 Å². The van der Waals surface area contributed by atoms with E-state index in [-0.39, 0.29) is 30.2 Å². The fourth-order valence-corrected chi connectivity index (χ4v) is 3.21. The Labute approximate surface area is 140 Å². The smallest absolute Gasteiger partial charge is 0.305 e. The van der Waals surface area contributed by atoms with E-state index in [4.69, 9.17) is 0 Å². The van der Waals surface area contributed by atoms with Crippen molar-refractivity contribution in [3.8, 4) is 0 Å². The van der Waals surface area contributed by atoms with Gasteiger partial charge in [-0.2, -0.15) is 0 Å². The SMILES string of the molecule is COC(=O)CCCNC(=O)c1ccc2c(c1)NC(=O)[C@@H]1CCCN21. The van der Waals surface area contributed by atoms with Crippen LogP contribution in [-0.2, 0) is 14.3 Å². The topological polar surface area (TPSA) is 87.7 Å². The van der Waals surface area contributed by atoms with Crippen molar-refractivity contribution < 1.29 is 19.1 Å². The largest absolute Gasteiger partial charge is 0.469 e. The number of esters is 1. The van der Waals surface area contributed by atoms with E-state index in [0.29, 0.717) is 24.2 Å². The highest BCUT2D eigenvalue weighted by molar-refractivity contribution is 6.06. The van der Waals surface area contributed by atoms with Crippen molar-refractivity contribution in [2.24, 2.45) is 0 Å². The highest BCUT2D eigenvalue weighted by atomic mass is 16.5. The average molecular weight is 331 g/mol. The first-order chi connectivity index (χ1) is 11.6. The molecular weight excluding hydrogens is 310 g/mol. The quantitative estimate of drug-likeness (QED) is 0.627. The zero-order chi connectivity index (χ0) is 17.1. The Hall–Kier alpha value is -2.57. The van der Waals surface area contributed by atoms with Gasteiger partial charge in [0.15, 0.2) is 0 Å². The zero-order valence-electron chi connectivity index (χ0n) is 13.6. The summed E-state index contributed by atoms with van der Waals surface area (Å²) in [6.07, 6.45) is 2.66. The van der Waals surface area contributed by atoms with Gasteiger partial charge in [-0.05, 0) is 37.5 Å². The summed E-state index contributed by atoms with van der Waals surface area (Å²) in [5, 5.41) is 5.66. The lowest BCUT2D eigenvalue weighted by Gasteiger charge is -2.33. The molecule has 2 amide bonds. The fourth-order valence-electron chi connectivity index (χ4n) is 3.21. The summed E-state index contributed by atoms with van der Waals surface area (Å²) < 4.78 is 4.55. The van der Waals surface area contributed by atoms with Crippen LogP contribution in [0.5, 0.6) is 0 Å². The first-order valence-electron chi connectivity index (χ1n) is 8.16. The van der Waals surface area contributed by atoms with Gasteiger partial charge in [-0.25, -0.2) is 0 Å². The van der Waals surface area contributed by atoms with E-state index in [9.17, 15) is 14.4 Å². The van der Waals surface area contributed by atoms with Crippen molar-refractivity contribution in [3.63, 3.8) is 0 Å². The Morgan fingerprint density at radius 1 is 1.42 bits per heavy atom. The maximum absolute atomic E-state index is 12.2. The van der Waals surface area contributed by atoms with Crippen LogP contribution < -0.4 is 15.5 Å². The van der Waals surface area contributed by atoms with Crippen LogP contribution in [0.15, 0.2) is 18.2 Å². The highest BCUT2D eigenvalue weighted by Gasteiger charge is 2.36. The molecule has 3 rings (SSSR count). The highest BCUT2D eigenvalue weighted by Crippen LogP contribution is 2.37. The molecule has 24 heavy (non-hydrogen) atoms. The number of nitrogens with zero attached hydrogens (tertiary/aromatic N) is 1. The molecule has 1 fully saturated rings. The number of benzene rings is 1. The second-order valence-electron chi connectivity index (χ2n) is 6.01. The van der Waals surface area contributed by atoms with Crippen LogP contribution in [0, 0.1) is 0 Å². The number of ether oxygens (including phenoxy) is 1. The van der Waals surface area contributed by atoms with Crippen LogP contribution in [0.1, 0.15) is 36.0 Å². The van der Waals surface area contributed by atoms with Crippen molar-refractivity contribution >= 4 is 29.2 Å². The van der Waals surface area contributed by atoms with Crippen LogP contribution in [0.25, 0.3) is 0 Å². The van der Waals surface area contributed by atoms with Gasteiger partial charge in [0, 0.05) is 25.1 Å². The van der Waals surface area contributed by atoms with Gasteiger partial charge in [0.25, 0.3) is 5.91 Å². The molecule has 1 atom stereocenters. The molecule has 128 valence electrons. The average Bonchev–Trinajstić information content (AvgIpc) is 3.08. The van der Waals surface area contributed by atoms with Gasteiger partial charge in [-0.1, -0.05) is 0 Å². The minimum atomic E-state index is -0.291. The Morgan fingerprint density at radius 3 is 3.04 bits per heavy atom. The number of carbonyl (C=O) groups excluding carboxylic acids is 3. The summed E-state index contributed by atoms with van der Waals surface area (Å²) in [6, 6.07) is 5.27. The van der Waals surface area contributed by atoms with Crippen molar-refractivity contribution in [3.05, 3.63) is 23.8 Å². The molecule has 7 nitrogen and oxygen atoms in total. The first-order valence-corrected chi connectivity index (χ1v) is 8.16. The first kappa shape index (κ1) is 16.3. The van der Waals surface area contributed by atoms with Gasteiger partial charge in [-0.3, -0.25) is 14.4 Å². The summed E-state index contributed by atoms with van der Waals surface area (Å²) in [7, 11) is 1.34. The number of anilines is 2. The molecule has 0 radical (unpaired) electrons. The van der Waals surface area contributed by atoms with Crippen LogP contribution >= 0.6 is 0 Å².